The molecule has 1 aromatic heterocycles. The molecule has 7 nitrogen and oxygen atoms in total. The third-order valence-electron chi connectivity index (χ3n) is 5.02. The maximum atomic E-state index is 14.9. The molecule has 9 heteroatoms. The number of nitrogens with zero attached hydrogens (tertiary/aromatic N) is 3. The van der Waals surface area contributed by atoms with Gasteiger partial charge in [-0.1, -0.05) is 0 Å². The molecule has 1 fully saturated rings. The maximum absolute atomic E-state index is 14.9. The van der Waals surface area contributed by atoms with Crippen molar-refractivity contribution in [1.29, 1.82) is 0 Å². The molecule has 148 valence electrons. The van der Waals surface area contributed by atoms with Gasteiger partial charge in [0.1, 0.15) is 19.0 Å². The molecule has 0 unspecified atom stereocenters. The summed E-state index contributed by atoms with van der Waals surface area (Å²) in [6.07, 6.45) is 2.41. The number of hydrogen-bond acceptors (Lipinski definition) is 5. The van der Waals surface area contributed by atoms with Crippen LogP contribution in [0.3, 0.4) is 0 Å². The Hall–Kier alpha value is -2.39. The number of piperazine rings is 1. The second kappa shape index (κ2) is 7.92. The molecule has 2 aliphatic heterocycles. The molecule has 0 spiro atoms. The Labute approximate surface area is 169 Å². The highest BCUT2D eigenvalue weighted by Gasteiger charge is 2.34. The number of ether oxygens (including phenoxy) is 2. The van der Waals surface area contributed by atoms with Crippen molar-refractivity contribution in [3.05, 3.63) is 52.0 Å². The summed E-state index contributed by atoms with van der Waals surface area (Å²) in [7, 11) is 0. The number of carboxylic acid groups (broad SMARTS) is 1. The summed E-state index contributed by atoms with van der Waals surface area (Å²) in [4.78, 5) is 18.7. The normalized spacial score (nSPS) is 19.2. The van der Waals surface area contributed by atoms with E-state index < -0.39 is 11.9 Å². The fourth-order valence-electron chi connectivity index (χ4n) is 3.49. The van der Waals surface area contributed by atoms with Crippen molar-refractivity contribution in [1.82, 2.24) is 14.8 Å². The standard InChI is InChI=1S/C19H19BrFN3O4/c20-16-15(27-10-12-1-3-22-4-2-12)7-13-8-23-5-6-24(19(25)26)9-14(23)11-28-18(13)17(16)21/h1-4,7,14H,5-6,8-11H2,(H,25,26)/t14-/m1/s1. The summed E-state index contributed by atoms with van der Waals surface area (Å²) in [5.41, 5.74) is 1.62. The fraction of sp³-hybridized carbons (Fsp3) is 0.368. The second-order valence-corrected chi connectivity index (χ2v) is 7.59. The number of halogens is 2. The van der Waals surface area contributed by atoms with Gasteiger partial charge in [0.05, 0.1) is 10.5 Å². The van der Waals surface area contributed by atoms with Crippen molar-refractivity contribution in [3.8, 4) is 11.5 Å². The van der Waals surface area contributed by atoms with Crippen LogP contribution in [0.25, 0.3) is 0 Å². The van der Waals surface area contributed by atoms with Crippen LogP contribution in [0.15, 0.2) is 35.1 Å². The zero-order chi connectivity index (χ0) is 19.7. The Morgan fingerprint density at radius 3 is 2.93 bits per heavy atom. The van der Waals surface area contributed by atoms with Gasteiger partial charge in [0.25, 0.3) is 0 Å². The molecule has 3 heterocycles. The van der Waals surface area contributed by atoms with Crippen molar-refractivity contribution in [2.24, 2.45) is 0 Å². The summed E-state index contributed by atoms with van der Waals surface area (Å²) in [5.74, 6) is 0.0934. The summed E-state index contributed by atoms with van der Waals surface area (Å²) in [5, 5.41) is 9.22. The minimum absolute atomic E-state index is 0.114. The van der Waals surface area contributed by atoms with Gasteiger partial charge in [-0.05, 0) is 39.7 Å². The van der Waals surface area contributed by atoms with Crippen LogP contribution in [-0.2, 0) is 13.2 Å². The second-order valence-electron chi connectivity index (χ2n) is 6.80. The van der Waals surface area contributed by atoms with Crippen LogP contribution in [0.4, 0.5) is 9.18 Å². The molecular weight excluding hydrogens is 433 g/mol. The lowest BCUT2D eigenvalue weighted by molar-refractivity contribution is 0.0499. The first-order valence-electron chi connectivity index (χ1n) is 8.90. The third kappa shape index (κ3) is 3.77. The molecule has 2 aromatic rings. The van der Waals surface area contributed by atoms with Crippen molar-refractivity contribution in [3.63, 3.8) is 0 Å². The Kier molecular flexibility index (Phi) is 5.36. The van der Waals surface area contributed by atoms with Gasteiger partial charge in [0, 0.05) is 44.1 Å². The molecule has 0 aliphatic carbocycles. The van der Waals surface area contributed by atoms with Gasteiger partial charge in [-0.25, -0.2) is 9.18 Å². The van der Waals surface area contributed by atoms with E-state index in [0.717, 1.165) is 5.56 Å². The van der Waals surface area contributed by atoms with Crippen LogP contribution in [0, 0.1) is 5.82 Å². The zero-order valence-electron chi connectivity index (χ0n) is 15.0. The minimum atomic E-state index is -0.942. The molecule has 2 aliphatic rings. The SMILES string of the molecule is O=C(O)N1CCN2Cc3cc(OCc4ccncc4)c(Br)c(F)c3OC[C@H]2C1. The summed E-state index contributed by atoms with van der Waals surface area (Å²) >= 11 is 3.27. The van der Waals surface area contributed by atoms with Crippen molar-refractivity contribution >= 4 is 22.0 Å². The molecule has 4 rings (SSSR count). The monoisotopic (exact) mass is 451 g/mol. The molecule has 1 atom stereocenters. The average molecular weight is 452 g/mol. The van der Waals surface area contributed by atoms with Crippen LogP contribution in [0.2, 0.25) is 0 Å². The number of benzene rings is 1. The lowest BCUT2D eigenvalue weighted by Crippen LogP contribution is -2.55. The number of pyridine rings is 1. The number of aromatic nitrogens is 1. The van der Waals surface area contributed by atoms with Gasteiger partial charge in [-0.15, -0.1) is 0 Å². The van der Waals surface area contributed by atoms with E-state index in [4.69, 9.17) is 9.47 Å². The van der Waals surface area contributed by atoms with E-state index in [-0.39, 0.29) is 22.9 Å². The van der Waals surface area contributed by atoms with Crippen LogP contribution in [-0.4, -0.2) is 58.3 Å². The Balaban J connectivity index is 1.55. The molecular formula is C19H19BrFN3O4. The topological polar surface area (TPSA) is 75.1 Å². The van der Waals surface area contributed by atoms with E-state index in [1.165, 1.54) is 4.90 Å². The summed E-state index contributed by atoms with van der Waals surface area (Å²) in [6.45, 7) is 2.34. The molecule has 0 bridgehead atoms. The Bertz CT molecular complexity index is 883. The molecule has 1 aromatic carbocycles. The molecule has 0 saturated carbocycles. The van der Waals surface area contributed by atoms with Gasteiger partial charge < -0.3 is 19.5 Å². The number of fused-ring (bicyclic) bond motifs is 2. The van der Waals surface area contributed by atoms with Gasteiger partial charge in [-0.3, -0.25) is 9.88 Å². The van der Waals surface area contributed by atoms with Gasteiger partial charge >= 0.3 is 6.09 Å². The lowest BCUT2D eigenvalue weighted by Gasteiger charge is -2.38. The maximum Gasteiger partial charge on any atom is 0.407 e. The number of rotatable bonds is 3. The highest BCUT2D eigenvalue weighted by Crippen LogP contribution is 2.39. The van der Waals surface area contributed by atoms with Gasteiger partial charge in [0.15, 0.2) is 11.6 Å². The number of carbonyl (C=O) groups is 1. The lowest BCUT2D eigenvalue weighted by atomic mass is 10.1. The molecule has 1 saturated heterocycles. The largest absolute Gasteiger partial charge is 0.488 e. The van der Waals surface area contributed by atoms with Crippen LogP contribution in [0.1, 0.15) is 11.1 Å². The first-order chi connectivity index (χ1) is 13.5. The highest BCUT2D eigenvalue weighted by molar-refractivity contribution is 9.10. The molecule has 1 N–H and O–H groups in total. The fourth-order valence-corrected chi connectivity index (χ4v) is 3.89. The van der Waals surface area contributed by atoms with E-state index in [0.29, 0.717) is 44.1 Å². The van der Waals surface area contributed by atoms with E-state index in [9.17, 15) is 14.3 Å². The van der Waals surface area contributed by atoms with Crippen LogP contribution >= 0.6 is 15.9 Å². The van der Waals surface area contributed by atoms with Gasteiger partial charge in [-0.2, -0.15) is 0 Å². The van der Waals surface area contributed by atoms with E-state index in [1.54, 1.807) is 18.5 Å². The number of amides is 1. The van der Waals surface area contributed by atoms with E-state index in [2.05, 4.69) is 25.8 Å². The Morgan fingerprint density at radius 2 is 2.18 bits per heavy atom. The predicted molar refractivity (Wildman–Crippen MR) is 102 cm³/mol. The zero-order valence-corrected chi connectivity index (χ0v) is 16.6. The van der Waals surface area contributed by atoms with Crippen LogP contribution in [0.5, 0.6) is 11.5 Å². The van der Waals surface area contributed by atoms with Crippen LogP contribution < -0.4 is 9.47 Å². The van der Waals surface area contributed by atoms with Gasteiger partial charge in [0.2, 0.25) is 0 Å². The summed E-state index contributed by atoms with van der Waals surface area (Å²) < 4.78 is 26.7. The van der Waals surface area contributed by atoms with E-state index in [1.807, 2.05) is 12.1 Å². The smallest absolute Gasteiger partial charge is 0.407 e. The predicted octanol–water partition coefficient (Wildman–Crippen LogP) is 3.12. The average Bonchev–Trinajstić information content (AvgIpc) is 2.89. The first-order valence-corrected chi connectivity index (χ1v) is 9.69. The van der Waals surface area contributed by atoms with Crippen molar-refractivity contribution < 1.29 is 23.8 Å². The van der Waals surface area contributed by atoms with E-state index >= 15 is 0 Å². The Morgan fingerprint density at radius 1 is 1.39 bits per heavy atom. The summed E-state index contributed by atoms with van der Waals surface area (Å²) in [6, 6.07) is 5.35. The first kappa shape index (κ1) is 18.9. The highest BCUT2D eigenvalue weighted by atomic mass is 79.9. The molecule has 0 radical (unpaired) electrons. The molecule has 28 heavy (non-hydrogen) atoms. The van der Waals surface area contributed by atoms with Crippen molar-refractivity contribution in [2.75, 3.05) is 26.2 Å². The quantitative estimate of drug-likeness (QED) is 0.772. The van der Waals surface area contributed by atoms with Crippen molar-refractivity contribution in [2.45, 2.75) is 19.2 Å². The minimum Gasteiger partial charge on any atom is -0.488 e. The molecule has 1 amide bonds. The number of hydrogen-bond donors (Lipinski definition) is 1. The third-order valence-corrected chi connectivity index (χ3v) is 5.76.